The third-order valence-corrected chi connectivity index (χ3v) is 4.50. The fourth-order valence-electron chi connectivity index (χ4n) is 3.23. The Morgan fingerprint density at radius 2 is 2.09 bits per heavy atom. The number of carboxylic acids is 1. The van der Waals surface area contributed by atoms with E-state index in [-0.39, 0.29) is 5.69 Å². The number of benzene rings is 1. The molecular weight excluding hydrogens is 292 g/mol. The van der Waals surface area contributed by atoms with Crippen molar-refractivity contribution in [1.82, 2.24) is 15.0 Å². The molecule has 0 saturated carbocycles. The van der Waals surface area contributed by atoms with E-state index in [4.69, 9.17) is 0 Å². The quantitative estimate of drug-likeness (QED) is 0.939. The van der Waals surface area contributed by atoms with Crippen LogP contribution in [0.1, 0.15) is 48.7 Å². The van der Waals surface area contributed by atoms with Crippen molar-refractivity contribution in [3.05, 3.63) is 35.5 Å². The number of carbonyl (C=O) groups is 1. The van der Waals surface area contributed by atoms with Crippen LogP contribution in [-0.2, 0) is 0 Å². The van der Waals surface area contributed by atoms with Crippen LogP contribution < -0.4 is 4.90 Å². The number of hydrogen-bond donors (Lipinski definition) is 1. The monoisotopic (exact) mass is 314 g/mol. The van der Waals surface area contributed by atoms with Gasteiger partial charge in [0.05, 0.1) is 5.69 Å². The van der Waals surface area contributed by atoms with Gasteiger partial charge in [0, 0.05) is 12.6 Å². The third kappa shape index (κ3) is 2.93. The molecular formula is C17H22N4O2. The van der Waals surface area contributed by atoms with E-state index in [1.54, 1.807) is 0 Å². The van der Waals surface area contributed by atoms with Gasteiger partial charge >= 0.3 is 5.97 Å². The Hall–Kier alpha value is -2.37. The summed E-state index contributed by atoms with van der Waals surface area (Å²) in [6, 6.07) is 8.05. The Labute approximate surface area is 135 Å². The molecule has 1 N–H and O–H groups in total. The molecule has 0 amide bonds. The van der Waals surface area contributed by atoms with Gasteiger partial charge in [-0.3, -0.25) is 0 Å². The molecule has 6 nitrogen and oxygen atoms in total. The van der Waals surface area contributed by atoms with Crippen molar-refractivity contribution in [3.63, 3.8) is 0 Å². The number of nitrogens with zero attached hydrogens (tertiary/aromatic N) is 4. The van der Waals surface area contributed by atoms with Gasteiger partial charge in [-0.2, -0.15) is 0 Å². The van der Waals surface area contributed by atoms with Crippen molar-refractivity contribution >= 4 is 11.8 Å². The lowest BCUT2D eigenvalue weighted by molar-refractivity contribution is 0.0690. The molecule has 3 rings (SSSR count). The number of piperidine rings is 1. The first kappa shape index (κ1) is 15.5. The van der Waals surface area contributed by atoms with E-state index in [2.05, 4.69) is 22.0 Å². The van der Waals surface area contributed by atoms with Crippen LogP contribution in [-0.4, -0.2) is 38.7 Å². The zero-order valence-electron chi connectivity index (χ0n) is 13.6. The summed E-state index contributed by atoms with van der Waals surface area (Å²) in [5, 5.41) is 18.3. The summed E-state index contributed by atoms with van der Waals surface area (Å²) >= 11 is 0. The van der Waals surface area contributed by atoms with Crippen molar-refractivity contribution in [2.75, 3.05) is 11.4 Å². The van der Waals surface area contributed by atoms with Gasteiger partial charge in [0.1, 0.15) is 0 Å². The molecule has 0 unspecified atom stereocenters. The summed E-state index contributed by atoms with van der Waals surface area (Å²) in [4.78, 5) is 15.2. The van der Waals surface area contributed by atoms with Crippen LogP contribution in [0.3, 0.4) is 0 Å². The van der Waals surface area contributed by atoms with E-state index in [1.807, 2.05) is 31.2 Å². The highest BCUT2D eigenvalue weighted by Crippen LogP contribution is 2.28. The van der Waals surface area contributed by atoms with Crippen molar-refractivity contribution in [2.45, 2.75) is 45.6 Å². The molecule has 1 aliphatic rings. The Balaban J connectivity index is 2.06. The number of para-hydroxylation sites is 1. The molecule has 0 radical (unpaired) electrons. The minimum absolute atomic E-state index is 0.0357. The average Bonchev–Trinajstić information content (AvgIpc) is 3.00. The topological polar surface area (TPSA) is 71.2 Å². The molecule has 1 aliphatic heterocycles. The van der Waals surface area contributed by atoms with E-state index >= 15 is 0 Å². The fraction of sp³-hybridized carbons (Fsp3) is 0.471. The second-order valence-electron chi connectivity index (χ2n) is 6.00. The number of carboxylic acid groups (broad SMARTS) is 1. The van der Waals surface area contributed by atoms with Crippen molar-refractivity contribution in [1.29, 1.82) is 0 Å². The average molecular weight is 314 g/mol. The molecule has 1 aromatic carbocycles. The highest BCUT2D eigenvalue weighted by Gasteiger charge is 2.29. The van der Waals surface area contributed by atoms with Crippen molar-refractivity contribution < 1.29 is 9.90 Å². The van der Waals surface area contributed by atoms with E-state index in [9.17, 15) is 9.90 Å². The Bertz CT molecular complexity index is 710. The summed E-state index contributed by atoms with van der Waals surface area (Å²) in [5.74, 6) is -0.535. The van der Waals surface area contributed by atoms with Crippen LogP contribution in [0, 0.1) is 6.92 Å². The van der Waals surface area contributed by atoms with Crippen molar-refractivity contribution in [3.8, 4) is 5.69 Å². The molecule has 2 heterocycles. The summed E-state index contributed by atoms with van der Waals surface area (Å²) in [7, 11) is 0. The highest BCUT2D eigenvalue weighted by atomic mass is 16.4. The molecule has 6 heteroatoms. The summed E-state index contributed by atoms with van der Waals surface area (Å²) in [5.41, 5.74) is 1.86. The zero-order chi connectivity index (χ0) is 16.4. The fourth-order valence-corrected chi connectivity index (χ4v) is 3.23. The smallest absolute Gasteiger partial charge is 0.360 e. The van der Waals surface area contributed by atoms with Crippen LogP contribution in [0.5, 0.6) is 0 Å². The molecule has 1 aromatic heterocycles. The molecule has 1 atom stereocenters. The molecule has 1 fully saturated rings. The third-order valence-electron chi connectivity index (χ3n) is 4.50. The van der Waals surface area contributed by atoms with Gasteiger partial charge < -0.3 is 10.0 Å². The van der Waals surface area contributed by atoms with Gasteiger partial charge in [-0.25, -0.2) is 4.79 Å². The largest absolute Gasteiger partial charge is 0.476 e. The molecule has 122 valence electrons. The first-order chi connectivity index (χ1) is 11.1. The maximum Gasteiger partial charge on any atom is 0.360 e. The number of aryl methyl sites for hydroxylation is 1. The minimum Gasteiger partial charge on any atom is -0.476 e. The van der Waals surface area contributed by atoms with Gasteiger partial charge in [0.15, 0.2) is 5.82 Å². The predicted molar refractivity (Wildman–Crippen MR) is 88.3 cm³/mol. The van der Waals surface area contributed by atoms with E-state index in [0.717, 1.165) is 37.1 Å². The van der Waals surface area contributed by atoms with Crippen LogP contribution in [0.4, 0.5) is 5.82 Å². The lowest BCUT2D eigenvalue weighted by atomic mass is 10.00. The molecule has 2 aromatic rings. The molecule has 0 bridgehead atoms. The second kappa shape index (κ2) is 6.40. The van der Waals surface area contributed by atoms with Crippen LogP contribution in [0.25, 0.3) is 5.69 Å². The van der Waals surface area contributed by atoms with Crippen LogP contribution in [0.2, 0.25) is 0 Å². The molecule has 0 aliphatic carbocycles. The zero-order valence-corrected chi connectivity index (χ0v) is 13.6. The SMILES string of the molecule is CC[C@@H]1CCCCN1c1nn(-c2ccccc2C)nc1C(=O)O. The lowest BCUT2D eigenvalue weighted by Crippen LogP contribution is -2.40. The number of rotatable bonds is 4. The van der Waals surface area contributed by atoms with Crippen LogP contribution >= 0.6 is 0 Å². The van der Waals surface area contributed by atoms with Crippen molar-refractivity contribution in [2.24, 2.45) is 0 Å². The number of aromatic carboxylic acids is 1. The maximum atomic E-state index is 11.6. The predicted octanol–water partition coefficient (Wildman–Crippen LogP) is 3.04. The molecule has 0 spiro atoms. The summed E-state index contributed by atoms with van der Waals surface area (Å²) < 4.78 is 0. The van der Waals surface area contributed by atoms with Gasteiger partial charge in [0.25, 0.3) is 0 Å². The van der Waals surface area contributed by atoms with Crippen LogP contribution in [0.15, 0.2) is 24.3 Å². The Morgan fingerprint density at radius 3 is 2.78 bits per heavy atom. The Morgan fingerprint density at radius 1 is 1.30 bits per heavy atom. The van der Waals surface area contributed by atoms with Gasteiger partial charge in [-0.15, -0.1) is 15.0 Å². The maximum absolute atomic E-state index is 11.6. The lowest BCUT2D eigenvalue weighted by Gasteiger charge is -2.35. The highest BCUT2D eigenvalue weighted by molar-refractivity contribution is 5.91. The summed E-state index contributed by atoms with van der Waals surface area (Å²) in [6.07, 6.45) is 4.30. The first-order valence-electron chi connectivity index (χ1n) is 8.15. The minimum atomic E-state index is -1.03. The Kier molecular flexibility index (Phi) is 4.32. The van der Waals surface area contributed by atoms with Gasteiger partial charge in [0.2, 0.25) is 5.69 Å². The van der Waals surface area contributed by atoms with E-state index in [1.165, 1.54) is 11.2 Å². The second-order valence-corrected chi connectivity index (χ2v) is 6.00. The van der Waals surface area contributed by atoms with Gasteiger partial charge in [-0.05, 0) is 44.2 Å². The standard InChI is InChI=1S/C17H22N4O2/c1-3-13-9-6-7-11-20(13)16-15(17(22)23)18-21(19-16)14-10-5-4-8-12(14)2/h4-5,8,10,13H,3,6-7,9,11H2,1-2H3,(H,22,23)/t13-/m1/s1. The summed E-state index contributed by atoms with van der Waals surface area (Å²) in [6.45, 7) is 4.94. The van der Waals surface area contributed by atoms with Gasteiger partial charge in [-0.1, -0.05) is 25.1 Å². The normalized spacial score (nSPS) is 18.2. The first-order valence-corrected chi connectivity index (χ1v) is 8.15. The molecule has 1 saturated heterocycles. The number of hydrogen-bond acceptors (Lipinski definition) is 4. The molecule has 23 heavy (non-hydrogen) atoms. The van der Waals surface area contributed by atoms with E-state index in [0.29, 0.717) is 11.9 Å². The van der Waals surface area contributed by atoms with E-state index < -0.39 is 5.97 Å². The number of anilines is 1. The number of aromatic nitrogens is 3.